The van der Waals surface area contributed by atoms with Crippen molar-refractivity contribution in [3.8, 4) is 0 Å². The van der Waals surface area contributed by atoms with E-state index >= 15 is 0 Å². The van der Waals surface area contributed by atoms with E-state index in [1.165, 1.54) is 0 Å². The third kappa shape index (κ3) is 7.73. The summed E-state index contributed by atoms with van der Waals surface area (Å²) in [5.74, 6) is 0.186. The monoisotopic (exact) mass is 265 g/mol. The molecule has 0 atom stereocenters. The highest BCUT2D eigenvalue weighted by Crippen LogP contribution is 2.14. The summed E-state index contributed by atoms with van der Waals surface area (Å²) in [6.45, 7) is 9.97. The molecule has 17 heavy (non-hydrogen) atoms. The Morgan fingerprint density at radius 2 is 1.76 bits per heavy atom. The summed E-state index contributed by atoms with van der Waals surface area (Å²) in [6, 6.07) is 0. The molecule has 0 fully saturated rings. The van der Waals surface area contributed by atoms with Gasteiger partial charge in [-0.05, 0) is 27.2 Å². The van der Waals surface area contributed by atoms with E-state index in [1.54, 1.807) is 20.8 Å². The molecule has 0 aromatic heterocycles. The molecule has 0 heterocycles. The largest absolute Gasteiger partial charge is 0.380 e. The minimum Gasteiger partial charge on any atom is -0.380 e. The molecular weight excluding hydrogens is 238 g/mol. The second-order valence-corrected chi connectivity index (χ2v) is 8.01. The number of hydrogen-bond acceptors (Lipinski definition) is 4. The topological polar surface area (TPSA) is 55.4 Å². The summed E-state index contributed by atoms with van der Waals surface area (Å²) in [5, 5.41) is 3.09. The molecule has 0 saturated heterocycles. The molecule has 0 bridgehead atoms. The van der Waals surface area contributed by atoms with Crippen LogP contribution in [0.2, 0.25) is 0 Å². The lowest BCUT2D eigenvalue weighted by Gasteiger charge is -2.19. The van der Waals surface area contributed by atoms with Gasteiger partial charge in [-0.1, -0.05) is 13.3 Å². The van der Waals surface area contributed by atoms with E-state index in [2.05, 4.69) is 12.2 Å². The Kier molecular flexibility index (Phi) is 8.00. The Morgan fingerprint density at radius 1 is 1.12 bits per heavy atom. The summed E-state index contributed by atoms with van der Waals surface area (Å²) in [5.41, 5.74) is 0. The Balaban J connectivity index is 3.53. The van der Waals surface area contributed by atoms with Gasteiger partial charge in [0.15, 0.2) is 9.84 Å². The summed E-state index contributed by atoms with van der Waals surface area (Å²) < 4.78 is 28.2. The van der Waals surface area contributed by atoms with Crippen molar-refractivity contribution < 1.29 is 13.2 Å². The van der Waals surface area contributed by atoms with E-state index in [4.69, 9.17) is 4.74 Å². The predicted molar refractivity (Wildman–Crippen MR) is 72.1 cm³/mol. The summed E-state index contributed by atoms with van der Waals surface area (Å²) in [7, 11) is -3.00. The SMILES string of the molecule is CCCCOCCNCCS(=O)(=O)C(C)(C)C. The van der Waals surface area contributed by atoms with Gasteiger partial charge in [0, 0.05) is 19.7 Å². The van der Waals surface area contributed by atoms with Crippen LogP contribution in [0.3, 0.4) is 0 Å². The van der Waals surface area contributed by atoms with E-state index in [-0.39, 0.29) is 5.75 Å². The number of hydrogen-bond donors (Lipinski definition) is 1. The standard InChI is InChI=1S/C12H27NO3S/c1-5-6-9-16-10-7-13-8-11-17(14,15)12(2,3)4/h13H,5-11H2,1-4H3. The minimum absolute atomic E-state index is 0.186. The van der Waals surface area contributed by atoms with Crippen LogP contribution in [0.5, 0.6) is 0 Å². The first kappa shape index (κ1) is 16.9. The zero-order valence-electron chi connectivity index (χ0n) is 11.6. The molecule has 0 rings (SSSR count). The summed E-state index contributed by atoms with van der Waals surface area (Å²) in [4.78, 5) is 0. The Labute approximate surface area is 106 Å². The van der Waals surface area contributed by atoms with Crippen LogP contribution in [-0.2, 0) is 14.6 Å². The fraction of sp³-hybridized carbons (Fsp3) is 1.00. The van der Waals surface area contributed by atoms with E-state index < -0.39 is 14.6 Å². The maximum atomic E-state index is 11.8. The fourth-order valence-corrected chi connectivity index (χ4v) is 2.16. The molecule has 0 spiro atoms. The molecule has 0 aromatic rings. The second kappa shape index (κ2) is 8.06. The number of ether oxygens (including phenoxy) is 1. The highest BCUT2D eigenvalue weighted by atomic mass is 32.2. The van der Waals surface area contributed by atoms with Crippen molar-refractivity contribution in [2.24, 2.45) is 0 Å². The molecule has 0 radical (unpaired) electrons. The van der Waals surface area contributed by atoms with Gasteiger partial charge in [-0.3, -0.25) is 0 Å². The molecule has 0 aliphatic heterocycles. The summed E-state index contributed by atoms with van der Waals surface area (Å²) in [6.07, 6.45) is 2.22. The number of rotatable bonds is 9. The third-order valence-corrected chi connectivity index (χ3v) is 5.15. The number of unbranched alkanes of at least 4 members (excludes halogenated alkanes) is 1. The molecule has 0 aliphatic rings. The first-order valence-corrected chi connectivity index (χ1v) is 7.97. The average Bonchev–Trinajstić information content (AvgIpc) is 2.20. The van der Waals surface area contributed by atoms with Gasteiger partial charge < -0.3 is 10.1 Å². The van der Waals surface area contributed by atoms with Crippen molar-refractivity contribution >= 4 is 9.84 Å². The van der Waals surface area contributed by atoms with Crippen LogP contribution in [0.25, 0.3) is 0 Å². The Bertz CT molecular complexity index is 281. The lowest BCUT2D eigenvalue weighted by molar-refractivity contribution is 0.133. The second-order valence-electron chi connectivity index (χ2n) is 5.15. The number of nitrogens with one attached hydrogen (secondary N) is 1. The predicted octanol–water partition coefficient (Wildman–Crippen LogP) is 1.61. The van der Waals surface area contributed by atoms with Crippen molar-refractivity contribution in [3.63, 3.8) is 0 Å². The van der Waals surface area contributed by atoms with Crippen molar-refractivity contribution in [1.29, 1.82) is 0 Å². The van der Waals surface area contributed by atoms with Crippen molar-refractivity contribution in [2.45, 2.75) is 45.3 Å². The van der Waals surface area contributed by atoms with Crippen molar-refractivity contribution in [2.75, 3.05) is 32.1 Å². The fourth-order valence-electron chi connectivity index (χ4n) is 1.13. The smallest absolute Gasteiger partial charge is 0.156 e. The van der Waals surface area contributed by atoms with Gasteiger partial charge in [0.1, 0.15) is 0 Å². The zero-order chi connectivity index (χ0) is 13.4. The molecule has 1 N–H and O–H groups in total. The van der Waals surface area contributed by atoms with Crippen molar-refractivity contribution in [1.82, 2.24) is 5.32 Å². The highest BCUT2D eigenvalue weighted by Gasteiger charge is 2.27. The normalized spacial score (nSPS) is 12.9. The molecule has 104 valence electrons. The van der Waals surface area contributed by atoms with Gasteiger partial charge in [-0.15, -0.1) is 0 Å². The highest BCUT2D eigenvalue weighted by molar-refractivity contribution is 7.92. The van der Waals surface area contributed by atoms with E-state index in [1.807, 2.05) is 0 Å². The zero-order valence-corrected chi connectivity index (χ0v) is 12.4. The lowest BCUT2D eigenvalue weighted by Crippen LogP contribution is -2.35. The lowest BCUT2D eigenvalue weighted by atomic mass is 10.3. The molecule has 0 aliphatic carbocycles. The van der Waals surface area contributed by atoms with Crippen LogP contribution in [0, 0.1) is 0 Å². The molecule has 0 aromatic carbocycles. The minimum atomic E-state index is -3.00. The van der Waals surface area contributed by atoms with E-state index in [9.17, 15) is 8.42 Å². The average molecular weight is 265 g/mol. The molecule has 0 unspecified atom stereocenters. The molecule has 4 nitrogen and oxygen atoms in total. The molecule has 5 heteroatoms. The van der Waals surface area contributed by atoms with Crippen LogP contribution in [0.15, 0.2) is 0 Å². The Morgan fingerprint density at radius 3 is 2.29 bits per heavy atom. The first-order valence-electron chi connectivity index (χ1n) is 6.32. The quantitative estimate of drug-likeness (QED) is 0.644. The van der Waals surface area contributed by atoms with E-state index in [0.29, 0.717) is 19.7 Å². The first-order chi connectivity index (χ1) is 7.81. The Hall–Kier alpha value is -0.130. The van der Waals surface area contributed by atoms with Crippen LogP contribution >= 0.6 is 0 Å². The van der Waals surface area contributed by atoms with Gasteiger partial charge >= 0.3 is 0 Å². The molecule has 0 saturated carbocycles. The van der Waals surface area contributed by atoms with Crippen molar-refractivity contribution in [3.05, 3.63) is 0 Å². The maximum absolute atomic E-state index is 11.8. The van der Waals surface area contributed by atoms with Crippen LogP contribution in [-0.4, -0.2) is 45.2 Å². The summed E-state index contributed by atoms with van der Waals surface area (Å²) >= 11 is 0. The third-order valence-electron chi connectivity index (χ3n) is 2.55. The van der Waals surface area contributed by atoms with Gasteiger partial charge in [-0.2, -0.15) is 0 Å². The van der Waals surface area contributed by atoms with Crippen LogP contribution < -0.4 is 5.32 Å². The number of sulfone groups is 1. The van der Waals surface area contributed by atoms with Gasteiger partial charge in [-0.25, -0.2) is 8.42 Å². The van der Waals surface area contributed by atoms with Gasteiger partial charge in [0.25, 0.3) is 0 Å². The molecular formula is C12H27NO3S. The molecule has 0 amide bonds. The van der Waals surface area contributed by atoms with Crippen LogP contribution in [0.4, 0.5) is 0 Å². The maximum Gasteiger partial charge on any atom is 0.156 e. The van der Waals surface area contributed by atoms with Gasteiger partial charge in [0.05, 0.1) is 17.1 Å². The van der Waals surface area contributed by atoms with Gasteiger partial charge in [0.2, 0.25) is 0 Å². The van der Waals surface area contributed by atoms with E-state index in [0.717, 1.165) is 19.4 Å². The van der Waals surface area contributed by atoms with Crippen LogP contribution in [0.1, 0.15) is 40.5 Å².